The summed E-state index contributed by atoms with van der Waals surface area (Å²) in [6, 6.07) is 14.3. The molecule has 0 aliphatic rings. The molecule has 0 spiro atoms. The SMILES string of the molecule is COc1ccc(/C=C/C(/C=C/c2ccc(OC)c(OC)c2)=C(C#N)C(O)C#N)cc1OC. The Balaban J connectivity index is 2.48. The maximum Gasteiger partial charge on any atom is 0.176 e. The largest absolute Gasteiger partial charge is 0.493 e. The molecule has 2 rings (SSSR count). The fraction of sp³-hybridized carbons (Fsp3) is 0.200. The molecule has 0 radical (unpaired) electrons. The first-order valence-electron chi connectivity index (χ1n) is 9.53. The monoisotopic (exact) mass is 432 g/mol. The van der Waals surface area contributed by atoms with Gasteiger partial charge in [-0.3, -0.25) is 0 Å². The van der Waals surface area contributed by atoms with E-state index in [4.69, 9.17) is 24.2 Å². The van der Waals surface area contributed by atoms with Gasteiger partial charge in [-0.05, 0) is 41.0 Å². The van der Waals surface area contributed by atoms with Gasteiger partial charge in [0.25, 0.3) is 0 Å². The molecule has 0 aliphatic heterocycles. The third kappa shape index (κ3) is 5.91. The maximum absolute atomic E-state index is 10.0. The number of nitrogens with zero attached hydrogens (tertiary/aromatic N) is 2. The number of benzene rings is 2. The molecule has 164 valence electrons. The van der Waals surface area contributed by atoms with E-state index in [2.05, 4.69) is 0 Å². The summed E-state index contributed by atoms with van der Waals surface area (Å²) in [5.41, 5.74) is 1.87. The van der Waals surface area contributed by atoms with Crippen molar-refractivity contribution in [2.24, 2.45) is 0 Å². The summed E-state index contributed by atoms with van der Waals surface area (Å²) >= 11 is 0. The Hall–Kier alpha value is -4.20. The van der Waals surface area contributed by atoms with Crippen molar-refractivity contribution >= 4 is 12.2 Å². The van der Waals surface area contributed by atoms with Crippen LogP contribution in [0.5, 0.6) is 23.0 Å². The number of hydrogen-bond donors (Lipinski definition) is 1. The van der Waals surface area contributed by atoms with Crippen molar-refractivity contribution < 1.29 is 24.1 Å². The van der Waals surface area contributed by atoms with Gasteiger partial charge in [-0.2, -0.15) is 10.5 Å². The number of allylic oxidation sites excluding steroid dienone is 3. The first kappa shape index (κ1) is 24.1. The Kier molecular flexibility index (Phi) is 8.91. The third-order valence-corrected chi connectivity index (χ3v) is 4.55. The Labute approximate surface area is 187 Å². The first-order chi connectivity index (χ1) is 15.5. The van der Waals surface area contributed by atoms with Crippen LogP contribution in [0, 0.1) is 22.7 Å². The zero-order chi connectivity index (χ0) is 23.5. The van der Waals surface area contributed by atoms with Crippen LogP contribution in [0.25, 0.3) is 12.2 Å². The smallest absolute Gasteiger partial charge is 0.176 e. The Morgan fingerprint density at radius 1 is 0.781 bits per heavy atom. The fourth-order valence-electron chi connectivity index (χ4n) is 2.87. The van der Waals surface area contributed by atoms with E-state index in [9.17, 15) is 10.4 Å². The highest BCUT2D eigenvalue weighted by Crippen LogP contribution is 2.29. The van der Waals surface area contributed by atoms with Crippen molar-refractivity contribution in [1.82, 2.24) is 0 Å². The van der Waals surface area contributed by atoms with Crippen LogP contribution in [0.2, 0.25) is 0 Å². The standard InChI is InChI=1S/C25H24N2O5/c1-29-22-11-7-17(13-24(22)31-3)5-9-19(20(15-26)21(28)16-27)10-6-18-8-12-23(30-2)25(14-18)32-4/h5-14,21,28H,1-4H3/b9-5+,10-6+. The molecule has 0 bridgehead atoms. The second kappa shape index (κ2) is 11.8. The third-order valence-electron chi connectivity index (χ3n) is 4.55. The second-order valence-electron chi connectivity index (χ2n) is 6.41. The van der Waals surface area contributed by atoms with Crippen molar-refractivity contribution in [3.63, 3.8) is 0 Å². The van der Waals surface area contributed by atoms with Crippen LogP contribution >= 0.6 is 0 Å². The zero-order valence-corrected chi connectivity index (χ0v) is 18.3. The van der Waals surface area contributed by atoms with Crippen molar-refractivity contribution in [1.29, 1.82) is 10.5 Å². The molecule has 1 unspecified atom stereocenters. The van der Waals surface area contributed by atoms with E-state index in [1.54, 1.807) is 83.1 Å². The molecule has 0 fully saturated rings. The number of aliphatic hydroxyl groups is 1. The Bertz CT molecular complexity index is 1050. The molecule has 32 heavy (non-hydrogen) atoms. The first-order valence-corrected chi connectivity index (χ1v) is 9.53. The molecule has 7 nitrogen and oxygen atoms in total. The molecule has 1 N–H and O–H groups in total. The van der Waals surface area contributed by atoms with Gasteiger partial charge in [0.05, 0.1) is 46.2 Å². The highest BCUT2D eigenvalue weighted by atomic mass is 16.5. The van der Waals surface area contributed by atoms with Crippen molar-refractivity contribution in [3.05, 3.63) is 70.8 Å². The molecule has 1 atom stereocenters. The maximum atomic E-state index is 10.0. The van der Waals surface area contributed by atoms with Crippen molar-refractivity contribution in [2.75, 3.05) is 28.4 Å². The van der Waals surface area contributed by atoms with Gasteiger partial charge in [0, 0.05) is 0 Å². The van der Waals surface area contributed by atoms with Crippen LogP contribution in [0.3, 0.4) is 0 Å². The number of ether oxygens (including phenoxy) is 4. The van der Waals surface area contributed by atoms with Crippen LogP contribution in [0.15, 0.2) is 59.7 Å². The second-order valence-corrected chi connectivity index (χ2v) is 6.41. The normalized spacial score (nSPS) is 11.5. The van der Waals surface area contributed by atoms with Crippen LogP contribution < -0.4 is 18.9 Å². The van der Waals surface area contributed by atoms with Gasteiger partial charge >= 0.3 is 0 Å². The number of rotatable bonds is 9. The molecular weight excluding hydrogens is 408 g/mol. The number of methoxy groups -OCH3 is 4. The van der Waals surface area contributed by atoms with E-state index >= 15 is 0 Å². The quantitative estimate of drug-likeness (QED) is 0.360. The van der Waals surface area contributed by atoms with E-state index < -0.39 is 6.10 Å². The Morgan fingerprint density at radius 3 is 1.56 bits per heavy atom. The summed E-state index contributed by atoms with van der Waals surface area (Å²) in [6.07, 6.45) is 5.24. The number of aliphatic hydroxyl groups excluding tert-OH is 1. The molecule has 0 aromatic heterocycles. The fourth-order valence-corrected chi connectivity index (χ4v) is 2.87. The van der Waals surface area contributed by atoms with Gasteiger partial charge < -0.3 is 24.1 Å². The van der Waals surface area contributed by atoms with Gasteiger partial charge in [-0.15, -0.1) is 0 Å². The van der Waals surface area contributed by atoms with Crippen molar-refractivity contribution in [2.45, 2.75) is 6.10 Å². The predicted octanol–water partition coefficient (Wildman–Crippen LogP) is 4.15. The minimum atomic E-state index is -1.56. The van der Waals surface area contributed by atoms with Crippen LogP contribution in [-0.2, 0) is 0 Å². The number of hydrogen-bond acceptors (Lipinski definition) is 7. The van der Waals surface area contributed by atoms with E-state index in [0.29, 0.717) is 28.6 Å². The van der Waals surface area contributed by atoms with Gasteiger partial charge in [0.1, 0.15) is 0 Å². The highest BCUT2D eigenvalue weighted by molar-refractivity contribution is 5.65. The number of nitriles is 2. The molecule has 0 amide bonds. The van der Waals surface area contributed by atoms with Crippen LogP contribution in [0.4, 0.5) is 0 Å². The van der Waals surface area contributed by atoms with Crippen molar-refractivity contribution in [3.8, 4) is 35.1 Å². The molecule has 2 aromatic carbocycles. The van der Waals surface area contributed by atoms with Gasteiger partial charge in [-0.25, -0.2) is 0 Å². The lowest BCUT2D eigenvalue weighted by Crippen LogP contribution is -2.07. The summed E-state index contributed by atoms with van der Waals surface area (Å²) in [7, 11) is 6.19. The summed E-state index contributed by atoms with van der Waals surface area (Å²) in [5.74, 6) is 2.29. The van der Waals surface area contributed by atoms with E-state index in [1.807, 2.05) is 18.2 Å². The summed E-state index contributed by atoms with van der Waals surface area (Å²) in [4.78, 5) is 0. The molecule has 2 aromatic rings. The lowest BCUT2D eigenvalue weighted by atomic mass is 10.0. The van der Waals surface area contributed by atoms with Crippen LogP contribution in [-0.4, -0.2) is 39.6 Å². The Morgan fingerprint density at radius 2 is 1.22 bits per heavy atom. The average molecular weight is 432 g/mol. The molecule has 0 saturated carbocycles. The topological polar surface area (TPSA) is 105 Å². The minimum Gasteiger partial charge on any atom is -0.493 e. The lowest BCUT2D eigenvalue weighted by molar-refractivity contribution is 0.270. The lowest BCUT2D eigenvalue weighted by Gasteiger charge is -2.09. The summed E-state index contributed by atoms with van der Waals surface area (Å²) in [6.45, 7) is 0. The molecule has 7 heteroatoms. The van der Waals surface area contributed by atoms with Gasteiger partial charge in [0.2, 0.25) is 0 Å². The van der Waals surface area contributed by atoms with Crippen LogP contribution in [0.1, 0.15) is 11.1 Å². The average Bonchev–Trinajstić information content (AvgIpc) is 2.84. The van der Waals surface area contributed by atoms with E-state index in [1.165, 1.54) is 0 Å². The summed E-state index contributed by atoms with van der Waals surface area (Å²) in [5, 5.41) is 28.6. The zero-order valence-electron chi connectivity index (χ0n) is 18.3. The minimum absolute atomic E-state index is 0.0686. The van der Waals surface area contributed by atoms with Gasteiger partial charge in [-0.1, -0.05) is 36.4 Å². The highest BCUT2D eigenvalue weighted by Gasteiger charge is 2.13. The van der Waals surface area contributed by atoms with E-state index in [0.717, 1.165) is 11.1 Å². The van der Waals surface area contributed by atoms with E-state index in [-0.39, 0.29) is 5.57 Å². The predicted molar refractivity (Wildman–Crippen MR) is 121 cm³/mol. The molecule has 0 saturated heterocycles. The summed E-state index contributed by atoms with van der Waals surface area (Å²) < 4.78 is 21.1. The van der Waals surface area contributed by atoms with Gasteiger partial charge in [0.15, 0.2) is 29.1 Å². The molecule has 0 aliphatic carbocycles. The molecule has 0 heterocycles. The molecular formula is C25H24N2O5.